The smallest absolute Gasteiger partial charge is 0.266 e. The molecule has 6 heteroatoms. The number of hydrogen-bond donors (Lipinski definition) is 1. The number of benzene rings is 1. The summed E-state index contributed by atoms with van der Waals surface area (Å²) in [5, 5.41) is 2.57. The molecule has 0 unspecified atom stereocenters. The van der Waals surface area contributed by atoms with E-state index in [2.05, 4.69) is 39.2 Å². The van der Waals surface area contributed by atoms with Crippen molar-refractivity contribution >= 4 is 6.08 Å². The molecule has 1 aliphatic rings. The Morgan fingerprint density at radius 2 is 1.62 bits per heavy atom. The number of nitrogens with zero attached hydrogens (tertiary/aromatic N) is 3. The Hall–Kier alpha value is -2.44. The van der Waals surface area contributed by atoms with Gasteiger partial charge in [-0.1, -0.05) is 42.5 Å². The number of hydrogen-bond acceptors (Lipinski definition) is 4. The molecule has 2 heterocycles. The fourth-order valence-electron chi connectivity index (χ4n) is 2.78. The highest BCUT2D eigenvalue weighted by molar-refractivity contribution is 5.48. The van der Waals surface area contributed by atoms with E-state index in [4.69, 9.17) is 0 Å². The molecule has 1 aromatic heterocycles. The Bertz CT molecular complexity index is 786. The van der Waals surface area contributed by atoms with Gasteiger partial charge in [0.05, 0.1) is 6.67 Å². The molecule has 0 aliphatic carbocycles. The average molecular weight is 326 g/mol. The molecule has 1 aliphatic heterocycles. The number of H-pyrrole nitrogens is 1. The number of piperazine rings is 1. The van der Waals surface area contributed by atoms with Crippen LogP contribution in [-0.2, 0) is 6.67 Å². The Labute approximate surface area is 140 Å². The second kappa shape index (κ2) is 7.90. The van der Waals surface area contributed by atoms with Crippen LogP contribution in [0.1, 0.15) is 5.56 Å². The highest BCUT2D eigenvalue weighted by Gasteiger charge is 2.16. The summed E-state index contributed by atoms with van der Waals surface area (Å²) in [6.45, 7) is 5.01. The van der Waals surface area contributed by atoms with Gasteiger partial charge >= 0.3 is 0 Å². The molecular weight excluding hydrogens is 304 g/mol. The second-order valence-electron chi connectivity index (χ2n) is 5.95. The molecule has 1 fully saturated rings. The third-order valence-corrected chi connectivity index (χ3v) is 4.17. The van der Waals surface area contributed by atoms with Crippen molar-refractivity contribution in [2.45, 2.75) is 6.67 Å². The lowest BCUT2D eigenvalue weighted by Gasteiger charge is -2.34. The zero-order valence-electron chi connectivity index (χ0n) is 13.6. The topological polar surface area (TPSA) is 61.3 Å². The first-order valence-electron chi connectivity index (χ1n) is 8.17. The summed E-state index contributed by atoms with van der Waals surface area (Å²) in [4.78, 5) is 27.6. The lowest BCUT2D eigenvalue weighted by Crippen LogP contribution is -2.48. The summed E-state index contributed by atoms with van der Waals surface area (Å²) >= 11 is 0. The van der Waals surface area contributed by atoms with Crippen molar-refractivity contribution in [1.82, 2.24) is 19.6 Å². The number of nitrogens with one attached hydrogen (secondary N) is 1. The molecule has 6 nitrogen and oxygen atoms in total. The highest BCUT2D eigenvalue weighted by Crippen LogP contribution is 2.04. The molecular formula is C18H22N4O2. The standard InChI is InChI=1S/C18H22N4O2/c23-17-8-9-18(24)22(19-17)15-21-13-11-20(12-14-21)10-4-7-16-5-2-1-3-6-16/h1-9H,10-15H2,(H,19,23)/b7-4+. The van der Waals surface area contributed by atoms with Gasteiger partial charge in [0.2, 0.25) is 0 Å². The van der Waals surface area contributed by atoms with Crippen LogP contribution in [0.2, 0.25) is 0 Å². The quantitative estimate of drug-likeness (QED) is 0.884. The third-order valence-electron chi connectivity index (χ3n) is 4.17. The molecule has 24 heavy (non-hydrogen) atoms. The van der Waals surface area contributed by atoms with Crippen LogP contribution in [0.5, 0.6) is 0 Å². The predicted molar refractivity (Wildman–Crippen MR) is 94.8 cm³/mol. The van der Waals surface area contributed by atoms with Gasteiger partial charge in [-0.3, -0.25) is 24.5 Å². The largest absolute Gasteiger partial charge is 0.297 e. The van der Waals surface area contributed by atoms with Crippen LogP contribution in [0, 0.1) is 0 Å². The fraction of sp³-hybridized carbons (Fsp3) is 0.333. The maximum absolute atomic E-state index is 11.7. The molecule has 0 amide bonds. The summed E-state index contributed by atoms with van der Waals surface area (Å²) in [5.41, 5.74) is 0.783. The van der Waals surface area contributed by atoms with E-state index < -0.39 is 0 Å². The van der Waals surface area contributed by atoms with Crippen molar-refractivity contribution in [2.24, 2.45) is 0 Å². The van der Waals surface area contributed by atoms with Crippen molar-refractivity contribution in [3.63, 3.8) is 0 Å². The minimum Gasteiger partial charge on any atom is -0.297 e. The summed E-state index contributed by atoms with van der Waals surface area (Å²) in [6.07, 6.45) is 4.32. The van der Waals surface area contributed by atoms with Gasteiger partial charge in [0.1, 0.15) is 0 Å². The first kappa shape index (κ1) is 16.4. The van der Waals surface area contributed by atoms with Crippen LogP contribution in [0.3, 0.4) is 0 Å². The monoisotopic (exact) mass is 326 g/mol. The van der Waals surface area contributed by atoms with Gasteiger partial charge in [-0.15, -0.1) is 0 Å². The summed E-state index contributed by atoms with van der Waals surface area (Å²) in [7, 11) is 0. The van der Waals surface area contributed by atoms with Crippen LogP contribution in [0.25, 0.3) is 6.08 Å². The predicted octanol–water partition coefficient (Wildman–Crippen LogP) is 0.825. The summed E-state index contributed by atoms with van der Waals surface area (Å²) in [6, 6.07) is 12.8. The van der Waals surface area contributed by atoms with E-state index in [1.807, 2.05) is 18.2 Å². The molecule has 0 bridgehead atoms. The van der Waals surface area contributed by atoms with Crippen molar-refractivity contribution in [1.29, 1.82) is 0 Å². The van der Waals surface area contributed by atoms with Crippen molar-refractivity contribution < 1.29 is 0 Å². The van der Waals surface area contributed by atoms with Gasteiger partial charge in [0.25, 0.3) is 11.1 Å². The second-order valence-corrected chi connectivity index (χ2v) is 5.95. The molecule has 0 saturated carbocycles. The first-order chi connectivity index (χ1) is 11.7. The Kier molecular flexibility index (Phi) is 5.40. The number of aromatic amines is 1. The van der Waals surface area contributed by atoms with Gasteiger partial charge in [-0.05, 0) is 5.56 Å². The first-order valence-corrected chi connectivity index (χ1v) is 8.17. The SMILES string of the molecule is O=c1ccc(=O)n(CN2CCN(C/C=C/c3ccccc3)CC2)[nH]1. The van der Waals surface area contributed by atoms with Crippen LogP contribution in [0.4, 0.5) is 0 Å². The Morgan fingerprint density at radius 1 is 0.917 bits per heavy atom. The fourth-order valence-corrected chi connectivity index (χ4v) is 2.78. The molecule has 0 spiro atoms. The van der Waals surface area contributed by atoms with Crippen LogP contribution >= 0.6 is 0 Å². The molecule has 1 aromatic carbocycles. The molecule has 2 aromatic rings. The Balaban J connectivity index is 1.47. The van der Waals surface area contributed by atoms with Gasteiger partial charge < -0.3 is 0 Å². The Morgan fingerprint density at radius 3 is 2.38 bits per heavy atom. The molecule has 3 rings (SSSR count). The van der Waals surface area contributed by atoms with E-state index >= 15 is 0 Å². The third kappa shape index (κ3) is 4.53. The van der Waals surface area contributed by atoms with Gasteiger partial charge in [-0.2, -0.15) is 0 Å². The highest BCUT2D eigenvalue weighted by atomic mass is 16.2. The van der Waals surface area contributed by atoms with Crippen LogP contribution < -0.4 is 11.1 Å². The maximum Gasteiger partial charge on any atom is 0.266 e. The molecule has 1 saturated heterocycles. The maximum atomic E-state index is 11.7. The number of rotatable bonds is 5. The van der Waals surface area contributed by atoms with E-state index in [1.54, 1.807) is 0 Å². The minimum absolute atomic E-state index is 0.178. The van der Waals surface area contributed by atoms with Crippen LogP contribution in [0.15, 0.2) is 58.1 Å². The van der Waals surface area contributed by atoms with E-state index in [1.165, 1.54) is 22.4 Å². The van der Waals surface area contributed by atoms with Crippen LogP contribution in [-0.4, -0.2) is 52.3 Å². The van der Waals surface area contributed by atoms with E-state index in [9.17, 15) is 9.59 Å². The normalized spacial score (nSPS) is 16.7. The average Bonchev–Trinajstić information content (AvgIpc) is 2.61. The zero-order valence-corrected chi connectivity index (χ0v) is 13.6. The van der Waals surface area contributed by atoms with Crippen molar-refractivity contribution in [2.75, 3.05) is 32.7 Å². The number of aromatic nitrogens is 2. The van der Waals surface area contributed by atoms with E-state index in [0.29, 0.717) is 6.67 Å². The van der Waals surface area contributed by atoms with E-state index in [0.717, 1.165) is 32.7 Å². The lowest BCUT2D eigenvalue weighted by atomic mass is 10.2. The summed E-state index contributed by atoms with van der Waals surface area (Å²) < 4.78 is 1.37. The van der Waals surface area contributed by atoms with E-state index in [-0.39, 0.29) is 11.1 Å². The zero-order chi connectivity index (χ0) is 16.8. The van der Waals surface area contributed by atoms with Crippen molar-refractivity contribution in [3.8, 4) is 0 Å². The van der Waals surface area contributed by atoms with Gasteiger partial charge in [-0.25, -0.2) is 4.68 Å². The molecule has 126 valence electrons. The van der Waals surface area contributed by atoms with Gasteiger partial charge in [0.15, 0.2) is 0 Å². The molecule has 0 atom stereocenters. The molecule has 0 radical (unpaired) electrons. The van der Waals surface area contributed by atoms with Crippen molar-refractivity contribution in [3.05, 3.63) is 74.8 Å². The van der Waals surface area contributed by atoms with Gasteiger partial charge in [0, 0.05) is 44.9 Å². The minimum atomic E-state index is -0.251. The lowest BCUT2D eigenvalue weighted by molar-refractivity contribution is 0.108. The summed E-state index contributed by atoms with van der Waals surface area (Å²) in [5.74, 6) is 0. The molecule has 1 N–H and O–H groups in total.